The van der Waals surface area contributed by atoms with E-state index in [9.17, 15) is 9.59 Å². The first-order valence-electron chi connectivity index (χ1n) is 9.28. The zero-order chi connectivity index (χ0) is 20.2. The summed E-state index contributed by atoms with van der Waals surface area (Å²) >= 11 is 1.53. The van der Waals surface area contributed by atoms with Crippen LogP contribution in [0.1, 0.15) is 46.9 Å². The SMILES string of the molecule is Cc1cc2oc(=O)cc(Cn3cnc4sc(C)c(C)c4c3=O)c2cc1C(C)C. The molecule has 6 heteroatoms. The van der Waals surface area contributed by atoms with Crippen LogP contribution in [0, 0.1) is 20.8 Å². The van der Waals surface area contributed by atoms with Gasteiger partial charge in [-0.2, -0.15) is 0 Å². The van der Waals surface area contributed by atoms with Crippen LogP contribution in [0.3, 0.4) is 0 Å². The van der Waals surface area contributed by atoms with Gasteiger partial charge in [-0.15, -0.1) is 11.3 Å². The number of aryl methyl sites for hydroxylation is 3. The Morgan fingerprint density at radius 1 is 1.14 bits per heavy atom. The third kappa shape index (κ3) is 2.98. The maximum atomic E-state index is 13.0. The van der Waals surface area contributed by atoms with Gasteiger partial charge in [0.05, 0.1) is 18.3 Å². The molecular formula is C22H22N2O3S. The van der Waals surface area contributed by atoms with Gasteiger partial charge in [-0.25, -0.2) is 9.78 Å². The molecule has 3 aromatic heterocycles. The standard InChI is InChI=1S/C22H22N2O3S/c1-11(2)16-8-17-15(7-19(25)27-18(17)6-12(16)3)9-24-10-23-21-20(22(24)26)13(4)14(5)28-21/h6-8,10-11H,9H2,1-5H3. The maximum absolute atomic E-state index is 13.0. The number of hydrogen-bond donors (Lipinski definition) is 0. The number of rotatable bonds is 3. The first-order valence-corrected chi connectivity index (χ1v) is 10.1. The minimum absolute atomic E-state index is 0.0792. The molecule has 0 N–H and O–H groups in total. The Kier molecular flexibility index (Phi) is 4.46. The average molecular weight is 394 g/mol. The summed E-state index contributed by atoms with van der Waals surface area (Å²) < 4.78 is 7.00. The van der Waals surface area contributed by atoms with Gasteiger partial charge in [0.15, 0.2) is 0 Å². The van der Waals surface area contributed by atoms with Gasteiger partial charge in [0, 0.05) is 16.3 Å². The van der Waals surface area contributed by atoms with Crippen molar-refractivity contribution in [3.8, 4) is 0 Å². The van der Waals surface area contributed by atoms with Crippen molar-refractivity contribution in [2.75, 3.05) is 0 Å². The monoisotopic (exact) mass is 394 g/mol. The molecule has 0 spiro atoms. The van der Waals surface area contributed by atoms with Crippen LogP contribution in [-0.2, 0) is 6.54 Å². The Balaban J connectivity index is 1.93. The molecule has 3 heterocycles. The fraction of sp³-hybridized carbons (Fsp3) is 0.318. The van der Waals surface area contributed by atoms with Crippen LogP contribution in [-0.4, -0.2) is 9.55 Å². The molecule has 0 unspecified atom stereocenters. The molecule has 0 bridgehead atoms. The van der Waals surface area contributed by atoms with Crippen LogP contribution in [0.15, 0.2) is 38.5 Å². The van der Waals surface area contributed by atoms with Gasteiger partial charge in [-0.3, -0.25) is 9.36 Å². The van der Waals surface area contributed by atoms with Crippen LogP contribution in [0.25, 0.3) is 21.2 Å². The Labute approximate surface area is 166 Å². The Bertz CT molecular complexity index is 1340. The summed E-state index contributed by atoms with van der Waals surface area (Å²) in [4.78, 5) is 31.5. The number of thiophene rings is 1. The number of aromatic nitrogens is 2. The maximum Gasteiger partial charge on any atom is 0.336 e. The second-order valence-corrected chi connectivity index (χ2v) is 8.79. The van der Waals surface area contributed by atoms with E-state index >= 15 is 0 Å². The second kappa shape index (κ2) is 6.71. The fourth-order valence-corrected chi connectivity index (χ4v) is 4.70. The molecule has 0 aliphatic carbocycles. The minimum atomic E-state index is -0.413. The summed E-state index contributed by atoms with van der Waals surface area (Å²) in [5.41, 5.74) is 4.09. The van der Waals surface area contributed by atoms with Crippen LogP contribution in [0.5, 0.6) is 0 Å². The molecule has 0 aliphatic heterocycles. The van der Waals surface area contributed by atoms with E-state index in [0.29, 0.717) is 16.9 Å². The van der Waals surface area contributed by atoms with Crippen LogP contribution < -0.4 is 11.2 Å². The smallest absolute Gasteiger partial charge is 0.336 e. The van der Waals surface area contributed by atoms with Crippen LogP contribution in [0.4, 0.5) is 0 Å². The summed E-state index contributed by atoms with van der Waals surface area (Å²) in [6, 6.07) is 5.46. The van der Waals surface area contributed by atoms with Crippen LogP contribution >= 0.6 is 11.3 Å². The first-order chi connectivity index (χ1) is 13.3. The van der Waals surface area contributed by atoms with Crippen molar-refractivity contribution in [1.82, 2.24) is 9.55 Å². The zero-order valence-electron chi connectivity index (χ0n) is 16.6. The van der Waals surface area contributed by atoms with Gasteiger partial charge < -0.3 is 4.42 Å². The van der Waals surface area contributed by atoms with Gasteiger partial charge in [0.25, 0.3) is 5.56 Å². The molecule has 0 amide bonds. The molecule has 0 saturated heterocycles. The van der Waals surface area contributed by atoms with Gasteiger partial charge in [-0.1, -0.05) is 13.8 Å². The van der Waals surface area contributed by atoms with Crippen molar-refractivity contribution in [2.24, 2.45) is 0 Å². The van der Waals surface area contributed by atoms with E-state index in [0.717, 1.165) is 31.8 Å². The summed E-state index contributed by atoms with van der Waals surface area (Å²) in [6.07, 6.45) is 1.57. The molecule has 0 saturated carbocycles. The van der Waals surface area contributed by atoms with Crippen LogP contribution in [0.2, 0.25) is 0 Å². The molecule has 0 aliphatic rings. The number of hydrogen-bond acceptors (Lipinski definition) is 5. The van der Waals surface area contributed by atoms with E-state index < -0.39 is 5.63 Å². The zero-order valence-corrected chi connectivity index (χ0v) is 17.4. The lowest BCUT2D eigenvalue weighted by molar-refractivity contribution is 0.556. The Hall–Kier alpha value is -2.73. The normalized spacial score (nSPS) is 11.8. The van der Waals surface area contributed by atoms with E-state index in [-0.39, 0.29) is 12.1 Å². The molecule has 0 fully saturated rings. The predicted octanol–water partition coefficient (Wildman–Crippen LogP) is 4.66. The van der Waals surface area contributed by atoms with Crippen molar-refractivity contribution < 1.29 is 4.42 Å². The minimum Gasteiger partial charge on any atom is -0.423 e. The molecule has 28 heavy (non-hydrogen) atoms. The van der Waals surface area contributed by atoms with Crippen molar-refractivity contribution in [3.63, 3.8) is 0 Å². The summed E-state index contributed by atoms with van der Waals surface area (Å²) in [6.45, 7) is 10.5. The topological polar surface area (TPSA) is 65.1 Å². The molecule has 1 aromatic carbocycles. The Morgan fingerprint density at radius 2 is 1.89 bits per heavy atom. The molecule has 4 aromatic rings. The number of nitrogens with zero attached hydrogens (tertiary/aromatic N) is 2. The van der Waals surface area contributed by atoms with Crippen molar-refractivity contribution in [3.05, 3.63) is 72.4 Å². The molecule has 5 nitrogen and oxygen atoms in total. The molecule has 144 valence electrons. The molecule has 0 radical (unpaired) electrons. The summed E-state index contributed by atoms with van der Waals surface area (Å²) in [7, 11) is 0. The third-order valence-corrected chi connectivity index (χ3v) is 6.45. The second-order valence-electron chi connectivity index (χ2n) is 7.59. The molecular weight excluding hydrogens is 372 g/mol. The fourth-order valence-electron chi connectivity index (χ4n) is 3.71. The molecule has 4 rings (SSSR count). The average Bonchev–Trinajstić information content (AvgIpc) is 2.91. The van der Waals surface area contributed by atoms with Gasteiger partial charge in [-0.05, 0) is 61.1 Å². The highest BCUT2D eigenvalue weighted by Crippen LogP contribution is 2.28. The van der Waals surface area contributed by atoms with Crippen molar-refractivity contribution in [2.45, 2.75) is 47.1 Å². The highest BCUT2D eigenvalue weighted by molar-refractivity contribution is 7.18. The van der Waals surface area contributed by atoms with Crippen molar-refractivity contribution in [1.29, 1.82) is 0 Å². The molecule has 0 atom stereocenters. The number of benzene rings is 1. The highest BCUT2D eigenvalue weighted by Gasteiger charge is 2.15. The van der Waals surface area contributed by atoms with E-state index in [4.69, 9.17) is 4.42 Å². The number of fused-ring (bicyclic) bond motifs is 2. The van der Waals surface area contributed by atoms with Crippen molar-refractivity contribution >= 4 is 32.5 Å². The lowest BCUT2D eigenvalue weighted by Gasteiger charge is -2.13. The van der Waals surface area contributed by atoms with E-state index in [1.807, 2.05) is 26.8 Å². The van der Waals surface area contributed by atoms with E-state index in [1.54, 1.807) is 10.9 Å². The quantitative estimate of drug-likeness (QED) is 0.474. The lowest BCUT2D eigenvalue weighted by atomic mass is 9.95. The first kappa shape index (κ1) is 18.6. The highest BCUT2D eigenvalue weighted by atomic mass is 32.1. The van der Waals surface area contributed by atoms with Gasteiger partial charge in [0.2, 0.25) is 0 Å². The summed E-state index contributed by atoms with van der Waals surface area (Å²) in [5, 5.41) is 1.52. The van der Waals surface area contributed by atoms with Gasteiger partial charge in [0.1, 0.15) is 10.4 Å². The Morgan fingerprint density at radius 3 is 2.61 bits per heavy atom. The largest absolute Gasteiger partial charge is 0.423 e. The third-order valence-electron chi connectivity index (χ3n) is 5.34. The van der Waals surface area contributed by atoms with E-state index in [2.05, 4.69) is 24.9 Å². The van der Waals surface area contributed by atoms with Gasteiger partial charge >= 0.3 is 5.63 Å². The summed E-state index contributed by atoms with van der Waals surface area (Å²) in [5.74, 6) is 0.348. The predicted molar refractivity (Wildman–Crippen MR) is 114 cm³/mol. The lowest BCUT2D eigenvalue weighted by Crippen LogP contribution is -2.21. The van der Waals surface area contributed by atoms with E-state index in [1.165, 1.54) is 23.0 Å².